The van der Waals surface area contributed by atoms with Gasteiger partial charge in [0.15, 0.2) is 0 Å². The van der Waals surface area contributed by atoms with Crippen molar-refractivity contribution in [2.45, 2.75) is 39.5 Å². The van der Waals surface area contributed by atoms with Crippen LogP contribution in [0.1, 0.15) is 39.5 Å². The van der Waals surface area contributed by atoms with Gasteiger partial charge >= 0.3 is 6.03 Å². The van der Waals surface area contributed by atoms with Gasteiger partial charge in [0.25, 0.3) is 0 Å². The van der Waals surface area contributed by atoms with Crippen LogP contribution in [-0.2, 0) is 9.59 Å². The van der Waals surface area contributed by atoms with Crippen molar-refractivity contribution in [1.29, 1.82) is 0 Å². The lowest BCUT2D eigenvalue weighted by molar-refractivity contribution is -0.152. The standard InChI is InChI=1S/C15H25N3O3/c1-4-15(5-2)12(19)16-14(21)18(13(15)20)10-11-6-8-17(3)9-7-11/h11H,4-10H2,1-3H3,(H,16,19,21). The number of likely N-dealkylation sites (tertiary alicyclic amines) is 1. The molecule has 2 saturated heterocycles. The zero-order valence-corrected chi connectivity index (χ0v) is 13.1. The highest BCUT2D eigenvalue weighted by molar-refractivity contribution is 6.19. The van der Waals surface area contributed by atoms with Crippen molar-refractivity contribution in [3.63, 3.8) is 0 Å². The van der Waals surface area contributed by atoms with Gasteiger partial charge in [-0.25, -0.2) is 4.79 Å². The maximum atomic E-state index is 12.7. The predicted molar refractivity (Wildman–Crippen MR) is 78.5 cm³/mol. The van der Waals surface area contributed by atoms with Gasteiger partial charge in [-0.05, 0) is 51.7 Å². The predicted octanol–water partition coefficient (Wildman–Crippen LogP) is 1.21. The smallest absolute Gasteiger partial charge is 0.306 e. The minimum atomic E-state index is -1.07. The van der Waals surface area contributed by atoms with Gasteiger partial charge < -0.3 is 4.90 Å². The molecule has 2 fully saturated rings. The molecule has 0 aromatic heterocycles. The largest absolute Gasteiger partial charge is 0.330 e. The second-order valence-electron chi connectivity index (χ2n) is 6.21. The van der Waals surface area contributed by atoms with Gasteiger partial charge in [-0.3, -0.25) is 19.8 Å². The van der Waals surface area contributed by atoms with Crippen molar-refractivity contribution in [3.05, 3.63) is 0 Å². The van der Waals surface area contributed by atoms with E-state index in [2.05, 4.69) is 17.3 Å². The van der Waals surface area contributed by atoms with E-state index in [4.69, 9.17) is 0 Å². The molecule has 6 heteroatoms. The van der Waals surface area contributed by atoms with Gasteiger partial charge in [0.1, 0.15) is 5.41 Å². The first-order valence-corrected chi connectivity index (χ1v) is 7.80. The van der Waals surface area contributed by atoms with E-state index in [1.165, 1.54) is 4.90 Å². The summed E-state index contributed by atoms with van der Waals surface area (Å²) < 4.78 is 0. The fourth-order valence-corrected chi connectivity index (χ4v) is 3.27. The van der Waals surface area contributed by atoms with Crippen molar-refractivity contribution in [2.75, 3.05) is 26.7 Å². The first-order chi connectivity index (χ1) is 9.94. The number of nitrogens with zero attached hydrogens (tertiary/aromatic N) is 2. The molecule has 0 atom stereocenters. The Hall–Kier alpha value is -1.43. The molecular formula is C15H25N3O3. The van der Waals surface area contributed by atoms with Crippen LogP contribution < -0.4 is 5.32 Å². The lowest BCUT2D eigenvalue weighted by Gasteiger charge is -2.40. The third-order valence-corrected chi connectivity index (χ3v) is 5.04. The monoisotopic (exact) mass is 295 g/mol. The van der Waals surface area contributed by atoms with E-state index in [1.807, 2.05) is 13.8 Å². The number of hydrogen-bond donors (Lipinski definition) is 1. The fourth-order valence-electron chi connectivity index (χ4n) is 3.27. The van der Waals surface area contributed by atoms with Crippen LogP contribution in [0.4, 0.5) is 4.79 Å². The Morgan fingerprint density at radius 1 is 1.14 bits per heavy atom. The molecule has 2 rings (SSSR count). The van der Waals surface area contributed by atoms with E-state index in [9.17, 15) is 14.4 Å². The molecule has 2 heterocycles. The number of rotatable bonds is 4. The Labute approximate surface area is 125 Å². The third-order valence-electron chi connectivity index (χ3n) is 5.04. The second kappa shape index (κ2) is 6.13. The first kappa shape index (κ1) is 15.9. The molecule has 118 valence electrons. The highest BCUT2D eigenvalue weighted by Crippen LogP contribution is 2.33. The van der Waals surface area contributed by atoms with Crippen molar-refractivity contribution in [2.24, 2.45) is 11.3 Å². The Morgan fingerprint density at radius 3 is 2.24 bits per heavy atom. The molecule has 21 heavy (non-hydrogen) atoms. The summed E-state index contributed by atoms with van der Waals surface area (Å²) in [6.45, 7) is 6.04. The van der Waals surface area contributed by atoms with Crippen LogP contribution >= 0.6 is 0 Å². The van der Waals surface area contributed by atoms with Crippen molar-refractivity contribution >= 4 is 17.8 Å². The van der Waals surface area contributed by atoms with E-state index in [0.29, 0.717) is 25.3 Å². The summed E-state index contributed by atoms with van der Waals surface area (Å²) in [5, 5.41) is 2.37. The number of barbiturate groups is 1. The summed E-state index contributed by atoms with van der Waals surface area (Å²) in [7, 11) is 2.08. The van der Waals surface area contributed by atoms with Gasteiger partial charge in [-0.15, -0.1) is 0 Å². The van der Waals surface area contributed by atoms with Gasteiger partial charge in [-0.2, -0.15) is 0 Å². The van der Waals surface area contributed by atoms with E-state index >= 15 is 0 Å². The van der Waals surface area contributed by atoms with Gasteiger partial charge in [0.05, 0.1) is 0 Å². The molecule has 2 aliphatic rings. The first-order valence-electron chi connectivity index (χ1n) is 7.80. The molecule has 2 aliphatic heterocycles. The molecule has 0 aliphatic carbocycles. The maximum absolute atomic E-state index is 12.7. The summed E-state index contributed by atoms with van der Waals surface area (Å²) in [5.74, 6) is -0.433. The van der Waals surface area contributed by atoms with Crippen molar-refractivity contribution in [3.8, 4) is 0 Å². The van der Waals surface area contributed by atoms with Crippen LogP contribution in [-0.4, -0.2) is 54.3 Å². The van der Waals surface area contributed by atoms with Crippen LogP contribution in [0.2, 0.25) is 0 Å². The quantitative estimate of drug-likeness (QED) is 0.792. The van der Waals surface area contributed by atoms with Crippen LogP contribution in [0.5, 0.6) is 0 Å². The molecule has 0 spiro atoms. The topological polar surface area (TPSA) is 69.7 Å². The van der Waals surface area contributed by atoms with Gasteiger partial charge in [-0.1, -0.05) is 13.8 Å². The minimum absolute atomic E-state index is 0.319. The summed E-state index contributed by atoms with van der Waals surface area (Å²) >= 11 is 0. The average Bonchev–Trinajstić information content (AvgIpc) is 2.47. The minimum Gasteiger partial charge on any atom is -0.306 e. The van der Waals surface area contributed by atoms with Crippen molar-refractivity contribution in [1.82, 2.24) is 15.1 Å². The molecule has 1 N–H and O–H groups in total. The average molecular weight is 295 g/mol. The summed E-state index contributed by atoms with van der Waals surface area (Å²) in [4.78, 5) is 40.4. The highest BCUT2D eigenvalue weighted by atomic mass is 16.2. The Bertz CT molecular complexity index is 437. The number of piperidine rings is 1. The lowest BCUT2D eigenvalue weighted by Crippen LogP contribution is -2.64. The summed E-state index contributed by atoms with van der Waals surface area (Å²) in [6.07, 6.45) is 2.80. The van der Waals surface area contributed by atoms with Crippen LogP contribution in [0.25, 0.3) is 0 Å². The van der Waals surface area contributed by atoms with Gasteiger partial charge in [0, 0.05) is 6.54 Å². The van der Waals surface area contributed by atoms with E-state index < -0.39 is 17.4 Å². The van der Waals surface area contributed by atoms with Crippen LogP contribution in [0.3, 0.4) is 0 Å². The Balaban J connectivity index is 2.12. The van der Waals surface area contributed by atoms with E-state index in [0.717, 1.165) is 25.9 Å². The second-order valence-corrected chi connectivity index (χ2v) is 6.21. The number of imide groups is 2. The molecule has 0 saturated carbocycles. The Kier molecular flexibility index (Phi) is 4.66. The number of hydrogen-bond acceptors (Lipinski definition) is 4. The summed E-state index contributed by atoms with van der Waals surface area (Å²) in [5.41, 5.74) is -1.07. The summed E-state index contributed by atoms with van der Waals surface area (Å²) in [6, 6.07) is -0.554. The highest BCUT2D eigenvalue weighted by Gasteiger charge is 2.51. The molecule has 0 bridgehead atoms. The number of carbonyl (C=O) groups is 3. The van der Waals surface area contributed by atoms with Crippen LogP contribution in [0.15, 0.2) is 0 Å². The zero-order chi connectivity index (χ0) is 15.6. The molecule has 0 unspecified atom stereocenters. The number of urea groups is 1. The SMILES string of the molecule is CCC1(CC)C(=O)NC(=O)N(CC2CCN(C)CC2)C1=O. The lowest BCUT2D eigenvalue weighted by atomic mass is 9.78. The molecule has 0 radical (unpaired) electrons. The number of carbonyl (C=O) groups excluding carboxylic acids is 3. The molecular weight excluding hydrogens is 270 g/mol. The van der Waals surface area contributed by atoms with Gasteiger partial charge in [0.2, 0.25) is 11.8 Å². The fraction of sp³-hybridized carbons (Fsp3) is 0.800. The molecule has 4 amide bonds. The van der Waals surface area contributed by atoms with Crippen LogP contribution in [0, 0.1) is 11.3 Å². The normalized spacial score (nSPS) is 24.3. The third kappa shape index (κ3) is 2.81. The van der Waals surface area contributed by atoms with E-state index in [1.54, 1.807) is 0 Å². The molecule has 0 aromatic carbocycles. The van der Waals surface area contributed by atoms with E-state index in [-0.39, 0.29) is 5.91 Å². The number of nitrogens with one attached hydrogen (secondary N) is 1. The number of amides is 4. The maximum Gasteiger partial charge on any atom is 0.330 e. The molecule has 0 aromatic rings. The van der Waals surface area contributed by atoms with Crippen molar-refractivity contribution < 1.29 is 14.4 Å². The zero-order valence-electron chi connectivity index (χ0n) is 13.1. The molecule has 6 nitrogen and oxygen atoms in total. The Morgan fingerprint density at radius 2 is 1.71 bits per heavy atom.